The van der Waals surface area contributed by atoms with Crippen molar-refractivity contribution < 1.29 is 4.79 Å². The number of anilines is 1. The van der Waals surface area contributed by atoms with Crippen molar-refractivity contribution in [2.45, 2.75) is 12.8 Å². The molecule has 4 rings (SSSR count). The number of benzene rings is 2. The van der Waals surface area contributed by atoms with Crippen LogP contribution in [0.3, 0.4) is 0 Å². The number of nitrogens with one attached hydrogen (secondary N) is 2. The van der Waals surface area contributed by atoms with Gasteiger partial charge in [-0.2, -0.15) is 0 Å². The maximum atomic E-state index is 12.4. The number of H-pyrrole nitrogens is 1. The average molecular weight is 262 g/mol. The minimum Gasteiger partial charge on any atom is -0.361 e. The molecule has 1 unspecified atom stereocenters. The lowest BCUT2D eigenvalue weighted by molar-refractivity contribution is -0.116. The smallest absolute Gasteiger partial charge is 0.236 e. The molecule has 20 heavy (non-hydrogen) atoms. The summed E-state index contributed by atoms with van der Waals surface area (Å²) in [7, 11) is 0. The van der Waals surface area contributed by atoms with Crippen LogP contribution >= 0.6 is 0 Å². The van der Waals surface area contributed by atoms with Gasteiger partial charge in [-0.25, -0.2) is 0 Å². The second-order valence-electron chi connectivity index (χ2n) is 5.30. The van der Waals surface area contributed by atoms with Gasteiger partial charge < -0.3 is 10.3 Å². The lowest BCUT2D eigenvalue weighted by Crippen LogP contribution is -2.12. The van der Waals surface area contributed by atoms with Gasteiger partial charge in [-0.1, -0.05) is 35.9 Å². The molecular weight excluding hydrogens is 248 g/mol. The molecule has 1 atom stereocenters. The summed E-state index contributed by atoms with van der Waals surface area (Å²) < 4.78 is 0. The minimum absolute atomic E-state index is 0.0513. The Kier molecular flexibility index (Phi) is 2.24. The minimum atomic E-state index is -0.221. The number of hydrogen-bond acceptors (Lipinski definition) is 1. The Balaban J connectivity index is 1.95. The van der Waals surface area contributed by atoms with Gasteiger partial charge in [0, 0.05) is 22.8 Å². The monoisotopic (exact) mass is 262 g/mol. The second-order valence-corrected chi connectivity index (χ2v) is 5.30. The molecule has 0 saturated heterocycles. The van der Waals surface area contributed by atoms with Crippen LogP contribution in [0.1, 0.15) is 22.6 Å². The molecule has 0 aliphatic carbocycles. The summed E-state index contributed by atoms with van der Waals surface area (Å²) in [6.45, 7) is 2.05. The van der Waals surface area contributed by atoms with Crippen LogP contribution in [-0.2, 0) is 4.79 Å². The quantitative estimate of drug-likeness (QED) is 0.692. The second kappa shape index (κ2) is 3.97. The molecule has 1 aromatic heterocycles. The Labute approximate surface area is 116 Å². The van der Waals surface area contributed by atoms with Crippen molar-refractivity contribution in [3.05, 3.63) is 65.4 Å². The van der Waals surface area contributed by atoms with E-state index in [1.165, 1.54) is 5.56 Å². The van der Waals surface area contributed by atoms with Crippen molar-refractivity contribution in [1.29, 1.82) is 0 Å². The molecule has 3 aromatic rings. The molecule has 3 heteroatoms. The van der Waals surface area contributed by atoms with Crippen LogP contribution in [0.4, 0.5) is 5.69 Å². The van der Waals surface area contributed by atoms with Crippen molar-refractivity contribution in [2.24, 2.45) is 0 Å². The Hall–Kier alpha value is -2.55. The summed E-state index contributed by atoms with van der Waals surface area (Å²) in [5.41, 5.74) is 5.28. The summed E-state index contributed by atoms with van der Waals surface area (Å²) in [4.78, 5) is 15.6. The molecule has 0 bridgehead atoms. The van der Waals surface area contributed by atoms with E-state index in [0.717, 1.165) is 27.7 Å². The maximum absolute atomic E-state index is 12.4. The van der Waals surface area contributed by atoms with Gasteiger partial charge in [0.1, 0.15) is 0 Å². The summed E-state index contributed by atoms with van der Waals surface area (Å²) >= 11 is 0. The van der Waals surface area contributed by atoms with Crippen molar-refractivity contribution >= 4 is 22.5 Å². The summed E-state index contributed by atoms with van der Waals surface area (Å²) in [6.07, 6.45) is 1.95. The van der Waals surface area contributed by atoms with Crippen molar-refractivity contribution in [1.82, 2.24) is 4.98 Å². The van der Waals surface area contributed by atoms with Crippen molar-refractivity contribution in [3.63, 3.8) is 0 Å². The molecule has 0 saturated carbocycles. The molecule has 1 amide bonds. The van der Waals surface area contributed by atoms with Gasteiger partial charge in [-0.05, 0) is 30.2 Å². The highest BCUT2D eigenvalue weighted by molar-refractivity contribution is 6.07. The number of hydrogen-bond donors (Lipinski definition) is 2. The third-order valence-electron chi connectivity index (χ3n) is 3.97. The molecule has 0 radical (unpaired) electrons. The first kappa shape index (κ1) is 11.3. The molecule has 1 aliphatic rings. The zero-order valence-electron chi connectivity index (χ0n) is 11.1. The Morgan fingerprint density at radius 1 is 1.05 bits per heavy atom. The van der Waals surface area contributed by atoms with E-state index in [1.807, 2.05) is 36.5 Å². The zero-order chi connectivity index (χ0) is 13.7. The molecule has 2 aromatic carbocycles. The van der Waals surface area contributed by atoms with Gasteiger partial charge in [0.25, 0.3) is 0 Å². The highest BCUT2D eigenvalue weighted by Crippen LogP contribution is 2.40. The van der Waals surface area contributed by atoms with Gasteiger partial charge in [0.05, 0.1) is 5.92 Å². The topological polar surface area (TPSA) is 44.9 Å². The van der Waals surface area contributed by atoms with Gasteiger partial charge in [0.15, 0.2) is 0 Å². The molecule has 2 N–H and O–H groups in total. The molecule has 0 fully saturated rings. The molecule has 3 nitrogen and oxygen atoms in total. The predicted molar refractivity (Wildman–Crippen MR) is 80.0 cm³/mol. The number of fused-ring (bicyclic) bond motifs is 2. The fourth-order valence-corrected chi connectivity index (χ4v) is 3.02. The van der Waals surface area contributed by atoms with Crippen LogP contribution in [0, 0.1) is 6.92 Å². The lowest BCUT2D eigenvalue weighted by Gasteiger charge is -2.08. The van der Waals surface area contributed by atoms with Crippen LogP contribution in [-0.4, -0.2) is 10.9 Å². The molecule has 1 aliphatic heterocycles. The van der Waals surface area contributed by atoms with Crippen molar-refractivity contribution in [2.75, 3.05) is 5.32 Å². The molecule has 98 valence electrons. The Morgan fingerprint density at radius 3 is 2.80 bits per heavy atom. The van der Waals surface area contributed by atoms with Crippen LogP contribution in [0.15, 0.2) is 48.7 Å². The Morgan fingerprint density at radius 2 is 1.90 bits per heavy atom. The third kappa shape index (κ3) is 1.50. The van der Waals surface area contributed by atoms with E-state index in [-0.39, 0.29) is 11.8 Å². The van der Waals surface area contributed by atoms with Crippen LogP contribution < -0.4 is 5.32 Å². The number of carbonyl (C=O) groups is 1. The van der Waals surface area contributed by atoms with E-state index in [9.17, 15) is 4.79 Å². The number of aromatic amines is 1. The molecule has 0 spiro atoms. The number of rotatable bonds is 1. The first-order valence-electron chi connectivity index (χ1n) is 6.71. The highest BCUT2D eigenvalue weighted by Gasteiger charge is 2.33. The fraction of sp³-hybridized carbons (Fsp3) is 0.118. The Bertz CT molecular complexity index is 832. The fourth-order valence-electron chi connectivity index (χ4n) is 3.02. The van der Waals surface area contributed by atoms with E-state index >= 15 is 0 Å². The van der Waals surface area contributed by atoms with Crippen molar-refractivity contribution in [3.8, 4) is 0 Å². The first-order chi connectivity index (χ1) is 9.74. The van der Waals surface area contributed by atoms with E-state index < -0.39 is 0 Å². The van der Waals surface area contributed by atoms with Gasteiger partial charge in [-0.15, -0.1) is 0 Å². The zero-order valence-corrected chi connectivity index (χ0v) is 11.1. The predicted octanol–water partition coefficient (Wildman–Crippen LogP) is 3.56. The number of carbonyl (C=O) groups excluding carboxylic acids is 1. The van der Waals surface area contributed by atoms with Gasteiger partial charge in [-0.3, -0.25) is 4.79 Å². The summed E-state index contributed by atoms with van der Waals surface area (Å²) in [5.74, 6) is -0.170. The lowest BCUT2D eigenvalue weighted by atomic mass is 9.91. The normalized spacial score (nSPS) is 17.2. The number of para-hydroxylation sites is 1. The van der Waals surface area contributed by atoms with E-state index in [0.29, 0.717) is 0 Å². The number of aromatic nitrogens is 1. The highest BCUT2D eigenvalue weighted by atomic mass is 16.2. The van der Waals surface area contributed by atoms with Crippen LogP contribution in [0.2, 0.25) is 0 Å². The van der Waals surface area contributed by atoms with Crippen LogP contribution in [0.25, 0.3) is 10.9 Å². The van der Waals surface area contributed by atoms with Gasteiger partial charge >= 0.3 is 0 Å². The standard InChI is InChI=1S/C17H14N2O/c1-10-6-7-15-12(8-10)16(17(20)19-15)13-9-18-14-5-3-2-4-11(13)14/h2-9,16,18H,1H3,(H,19,20). The maximum Gasteiger partial charge on any atom is 0.236 e. The van der Waals surface area contributed by atoms with Gasteiger partial charge in [0.2, 0.25) is 5.91 Å². The number of amides is 1. The van der Waals surface area contributed by atoms with E-state index in [4.69, 9.17) is 0 Å². The SMILES string of the molecule is Cc1ccc2c(c1)C(c1c[nH]c3ccccc13)C(=O)N2. The van der Waals surface area contributed by atoms with E-state index in [1.54, 1.807) is 0 Å². The summed E-state index contributed by atoms with van der Waals surface area (Å²) in [6, 6.07) is 14.2. The van der Waals surface area contributed by atoms with E-state index in [2.05, 4.69) is 29.4 Å². The average Bonchev–Trinajstić information content (AvgIpc) is 2.99. The molecule has 2 heterocycles. The summed E-state index contributed by atoms with van der Waals surface area (Å²) in [5, 5.41) is 4.09. The van der Waals surface area contributed by atoms with Crippen LogP contribution in [0.5, 0.6) is 0 Å². The number of aryl methyl sites for hydroxylation is 1. The first-order valence-corrected chi connectivity index (χ1v) is 6.71. The third-order valence-corrected chi connectivity index (χ3v) is 3.97. The molecular formula is C17H14N2O. The largest absolute Gasteiger partial charge is 0.361 e.